The largest absolute Gasteiger partial charge is 0.573 e. The third kappa shape index (κ3) is 4.18. The molecule has 0 spiro atoms. The molecule has 1 rings (SSSR count). The van der Waals surface area contributed by atoms with Crippen molar-refractivity contribution in [3.63, 3.8) is 0 Å². The summed E-state index contributed by atoms with van der Waals surface area (Å²) in [6.45, 7) is 0. The van der Waals surface area contributed by atoms with Gasteiger partial charge in [0.05, 0.1) is 24.7 Å². The molecule has 0 aliphatic rings. The summed E-state index contributed by atoms with van der Waals surface area (Å²) < 4.78 is 43.9. The van der Waals surface area contributed by atoms with Crippen LogP contribution in [-0.4, -0.2) is 29.3 Å². The lowest BCUT2D eigenvalue weighted by atomic mass is 10.2. The van der Waals surface area contributed by atoms with Crippen LogP contribution in [0.5, 0.6) is 5.75 Å². The van der Waals surface area contributed by atoms with Crippen molar-refractivity contribution in [3.05, 3.63) is 25.6 Å². The topological polar surface area (TPSA) is 91.6 Å². The number of nitrogens with zero attached hydrogens (tertiary/aromatic N) is 2. The van der Waals surface area contributed by atoms with Crippen LogP contribution < -0.4 is 4.74 Å². The van der Waals surface area contributed by atoms with Crippen LogP contribution in [0, 0.1) is 13.7 Å². The van der Waals surface area contributed by atoms with Gasteiger partial charge in [0.2, 0.25) is 0 Å². The first-order valence-electron chi connectivity index (χ1n) is 4.80. The summed E-state index contributed by atoms with van der Waals surface area (Å²) in [6, 6.07) is 0. The number of carbonyl (C=O) groups is 1. The fourth-order valence-electron chi connectivity index (χ4n) is 1.22. The summed E-state index contributed by atoms with van der Waals surface area (Å²) >= 11 is 1.32. The molecule has 0 saturated carbocycles. The predicted octanol–water partition coefficient (Wildman–Crippen LogP) is 2.21. The van der Waals surface area contributed by atoms with Gasteiger partial charge in [-0.25, -0.2) is 4.98 Å². The molecule has 1 aromatic rings. The molecule has 11 heteroatoms. The molecule has 0 aliphatic heterocycles. The van der Waals surface area contributed by atoms with Crippen LogP contribution in [0.2, 0.25) is 0 Å². The Kier molecular flexibility index (Phi) is 5.08. The van der Waals surface area contributed by atoms with Crippen molar-refractivity contribution < 1.29 is 32.4 Å². The highest BCUT2D eigenvalue weighted by atomic mass is 127. The molecule has 0 amide bonds. The molecule has 20 heavy (non-hydrogen) atoms. The number of pyridine rings is 1. The maximum absolute atomic E-state index is 12.1. The van der Waals surface area contributed by atoms with Crippen molar-refractivity contribution in [1.82, 2.24) is 4.98 Å². The Hall–Kier alpha value is -1.66. The zero-order valence-electron chi connectivity index (χ0n) is 9.73. The highest BCUT2D eigenvalue weighted by molar-refractivity contribution is 14.1. The minimum absolute atomic E-state index is 0.305. The van der Waals surface area contributed by atoms with E-state index in [4.69, 9.17) is 0 Å². The maximum Gasteiger partial charge on any atom is 0.573 e. The molecular weight excluding hydrogens is 400 g/mol. The SMILES string of the molecule is COC(=O)Cc1ncc(OC(F)(F)F)c(I)c1[N+](=O)[O-]. The van der Waals surface area contributed by atoms with E-state index >= 15 is 0 Å². The van der Waals surface area contributed by atoms with Crippen LogP contribution >= 0.6 is 22.6 Å². The van der Waals surface area contributed by atoms with E-state index in [1.165, 1.54) is 22.6 Å². The molecule has 0 atom stereocenters. The van der Waals surface area contributed by atoms with Gasteiger partial charge in [-0.1, -0.05) is 0 Å². The van der Waals surface area contributed by atoms with Crippen LogP contribution in [0.3, 0.4) is 0 Å². The molecule has 0 bridgehead atoms. The smallest absolute Gasteiger partial charge is 0.469 e. The molecule has 1 aromatic heterocycles. The van der Waals surface area contributed by atoms with E-state index in [0.717, 1.165) is 7.11 Å². The van der Waals surface area contributed by atoms with E-state index in [1.54, 1.807) is 0 Å². The molecule has 0 saturated heterocycles. The van der Waals surface area contributed by atoms with Gasteiger partial charge in [-0.3, -0.25) is 14.9 Å². The molecule has 0 unspecified atom stereocenters. The first-order valence-corrected chi connectivity index (χ1v) is 5.88. The van der Waals surface area contributed by atoms with Crippen LogP contribution in [0.15, 0.2) is 6.20 Å². The number of hydrogen-bond donors (Lipinski definition) is 0. The lowest BCUT2D eigenvalue weighted by Gasteiger charge is -2.11. The Labute approximate surface area is 123 Å². The van der Waals surface area contributed by atoms with Gasteiger partial charge in [-0.15, -0.1) is 13.2 Å². The Morgan fingerprint density at radius 2 is 2.15 bits per heavy atom. The Balaban J connectivity index is 3.27. The number of carbonyl (C=O) groups excluding carboxylic acids is 1. The second-order valence-corrected chi connectivity index (χ2v) is 4.37. The van der Waals surface area contributed by atoms with Crippen molar-refractivity contribution in [1.29, 1.82) is 0 Å². The van der Waals surface area contributed by atoms with Gasteiger partial charge < -0.3 is 9.47 Å². The number of alkyl halides is 3. The normalized spacial score (nSPS) is 11.1. The molecule has 7 nitrogen and oxygen atoms in total. The van der Waals surface area contributed by atoms with Crippen LogP contribution in [0.25, 0.3) is 0 Å². The average Bonchev–Trinajstić information content (AvgIpc) is 2.30. The number of esters is 1. The molecule has 110 valence electrons. The third-order valence-corrected chi connectivity index (χ3v) is 3.03. The molecular formula is C9H6F3IN2O5. The van der Waals surface area contributed by atoms with Crippen LogP contribution in [0.1, 0.15) is 5.69 Å². The zero-order valence-corrected chi connectivity index (χ0v) is 11.9. The summed E-state index contributed by atoms with van der Waals surface area (Å²) in [6.07, 6.45) is -4.87. The standard InChI is InChI=1S/C9H6F3IN2O5/c1-19-6(16)2-4-8(15(17)18)7(13)5(3-14-4)20-9(10,11)12/h3H,2H2,1H3. The number of ether oxygens (including phenoxy) is 2. The van der Waals surface area contributed by atoms with Crippen molar-refractivity contribution in [2.75, 3.05) is 7.11 Å². The number of halogens is 4. The zero-order chi connectivity index (χ0) is 15.5. The van der Waals surface area contributed by atoms with E-state index in [0.29, 0.717) is 6.20 Å². The van der Waals surface area contributed by atoms with E-state index < -0.39 is 38.7 Å². The van der Waals surface area contributed by atoms with Crippen molar-refractivity contribution in [3.8, 4) is 5.75 Å². The van der Waals surface area contributed by atoms with E-state index in [2.05, 4.69) is 14.5 Å². The van der Waals surface area contributed by atoms with E-state index in [-0.39, 0.29) is 5.69 Å². The van der Waals surface area contributed by atoms with Crippen molar-refractivity contribution in [2.24, 2.45) is 0 Å². The molecule has 1 heterocycles. The lowest BCUT2D eigenvalue weighted by Crippen LogP contribution is -2.19. The lowest BCUT2D eigenvalue weighted by molar-refractivity contribution is -0.387. The Bertz CT molecular complexity index is 549. The van der Waals surface area contributed by atoms with Gasteiger partial charge in [0, 0.05) is 0 Å². The first kappa shape index (κ1) is 16.4. The summed E-state index contributed by atoms with van der Waals surface area (Å²) in [5.74, 6) is -1.61. The van der Waals surface area contributed by atoms with Gasteiger partial charge in [-0.2, -0.15) is 0 Å². The Morgan fingerprint density at radius 3 is 2.60 bits per heavy atom. The molecule has 0 radical (unpaired) electrons. The van der Waals surface area contributed by atoms with E-state index in [1.807, 2.05) is 0 Å². The number of nitro groups is 1. The van der Waals surface area contributed by atoms with Crippen LogP contribution in [-0.2, 0) is 16.0 Å². The number of rotatable bonds is 4. The number of methoxy groups -OCH3 is 1. The van der Waals surface area contributed by atoms with Crippen molar-refractivity contribution >= 4 is 34.2 Å². The minimum atomic E-state index is -5.00. The quantitative estimate of drug-likeness (QED) is 0.330. The molecule has 0 aliphatic carbocycles. The Morgan fingerprint density at radius 1 is 1.55 bits per heavy atom. The van der Waals surface area contributed by atoms with Gasteiger partial charge in [0.25, 0.3) is 0 Å². The van der Waals surface area contributed by atoms with E-state index in [9.17, 15) is 28.1 Å². The van der Waals surface area contributed by atoms with Crippen LogP contribution in [0.4, 0.5) is 18.9 Å². The van der Waals surface area contributed by atoms with Gasteiger partial charge >= 0.3 is 18.0 Å². The summed E-state index contributed by atoms with van der Waals surface area (Å²) in [5, 5.41) is 10.9. The van der Waals surface area contributed by atoms with Gasteiger partial charge in [0.1, 0.15) is 9.26 Å². The minimum Gasteiger partial charge on any atom is -0.469 e. The monoisotopic (exact) mass is 406 g/mol. The maximum atomic E-state index is 12.1. The predicted molar refractivity (Wildman–Crippen MR) is 66.0 cm³/mol. The average molecular weight is 406 g/mol. The first-order chi connectivity index (χ1) is 9.15. The molecule has 0 fully saturated rings. The highest BCUT2D eigenvalue weighted by Gasteiger charge is 2.35. The summed E-state index contributed by atoms with van der Waals surface area (Å²) in [7, 11) is 1.07. The van der Waals surface area contributed by atoms with Crippen molar-refractivity contribution in [2.45, 2.75) is 12.8 Å². The third-order valence-electron chi connectivity index (χ3n) is 1.98. The van der Waals surface area contributed by atoms with Gasteiger partial charge in [-0.05, 0) is 22.6 Å². The summed E-state index contributed by atoms with van der Waals surface area (Å²) in [4.78, 5) is 24.5. The van der Waals surface area contributed by atoms with Gasteiger partial charge in [0.15, 0.2) is 5.75 Å². The number of hydrogen-bond acceptors (Lipinski definition) is 6. The fourth-order valence-corrected chi connectivity index (χ4v) is 1.97. The molecule has 0 aromatic carbocycles. The summed E-state index contributed by atoms with van der Waals surface area (Å²) in [5.41, 5.74) is -1.03. The second kappa shape index (κ2) is 6.19. The highest BCUT2D eigenvalue weighted by Crippen LogP contribution is 2.34. The second-order valence-electron chi connectivity index (χ2n) is 3.29. The number of aromatic nitrogens is 1. The fraction of sp³-hybridized carbons (Fsp3) is 0.333. The molecule has 0 N–H and O–H groups in total.